The zero-order valence-electron chi connectivity index (χ0n) is 13.6. The number of rotatable bonds is 8. The second kappa shape index (κ2) is 8.34. The maximum absolute atomic E-state index is 5.16. The van der Waals surface area contributed by atoms with Gasteiger partial charge in [-0.3, -0.25) is 5.10 Å². The van der Waals surface area contributed by atoms with Crippen LogP contribution in [0.25, 0.3) is 0 Å². The lowest BCUT2D eigenvalue weighted by molar-refractivity contribution is 0.159. The highest BCUT2D eigenvalue weighted by molar-refractivity contribution is 5.29. The van der Waals surface area contributed by atoms with Crippen LogP contribution in [-0.4, -0.2) is 55.1 Å². The number of nitrogens with one attached hydrogen (secondary N) is 2. The molecule has 21 heavy (non-hydrogen) atoms. The van der Waals surface area contributed by atoms with Crippen molar-refractivity contribution in [2.24, 2.45) is 11.8 Å². The van der Waals surface area contributed by atoms with Crippen molar-refractivity contribution in [3.63, 3.8) is 0 Å². The summed E-state index contributed by atoms with van der Waals surface area (Å²) in [6, 6.07) is 0. The van der Waals surface area contributed by atoms with Gasteiger partial charge in [-0.25, -0.2) is 0 Å². The van der Waals surface area contributed by atoms with Crippen LogP contribution in [0.1, 0.15) is 32.5 Å². The van der Waals surface area contributed by atoms with Crippen molar-refractivity contribution in [3.8, 4) is 0 Å². The molecule has 1 aliphatic heterocycles. The van der Waals surface area contributed by atoms with E-state index in [0.717, 1.165) is 56.9 Å². The summed E-state index contributed by atoms with van der Waals surface area (Å²) in [6.45, 7) is 9.39. The SMILES string of the molecule is CCNCC1CCN(c2n[nH]c(CC(C)COC)n2)CC1. The number of hydrogen-bond donors (Lipinski definition) is 2. The van der Waals surface area contributed by atoms with Gasteiger partial charge >= 0.3 is 0 Å². The van der Waals surface area contributed by atoms with E-state index in [-0.39, 0.29) is 0 Å². The molecule has 1 aromatic rings. The van der Waals surface area contributed by atoms with E-state index in [4.69, 9.17) is 4.74 Å². The normalized spacial score (nSPS) is 18.1. The van der Waals surface area contributed by atoms with E-state index in [2.05, 4.69) is 39.2 Å². The van der Waals surface area contributed by atoms with E-state index >= 15 is 0 Å². The van der Waals surface area contributed by atoms with Crippen LogP contribution in [0.15, 0.2) is 0 Å². The van der Waals surface area contributed by atoms with E-state index in [0.29, 0.717) is 5.92 Å². The minimum absolute atomic E-state index is 0.460. The average Bonchev–Trinajstić information content (AvgIpc) is 2.94. The molecule has 0 aromatic carbocycles. The van der Waals surface area contributed by atoms with E-state index in [9.17, 15) is 0 Å². The molecule has 1 aromatic heterocycles. The average molecular weight is 295 g/mol. The van der Waals surface area contributed by atoms with Crippen LogP contribution >= 0.6 is 0 Å². The molecule has 1 fully saturated rings. The molecule has 6 nitrogen and oxygen atoms in total. The van der Waals surface area contributed by atoms with E-state index in [1.165, 1.54) is 12.8 Å². The molecule has 1 aliphatic rings. The fraction of sp³-hybridized carbons (Fsp3) is 0.867. The molecule has 0 radical (unpaired) electrons. The Kier molecular flexibility index (Phi) is 6.45. The maximum Gasteiger partial charge on any atom is 0.244 e. The Labute approximate surface area is 127 Å². The summed E-state index contributed by atoms with van der Waals surface area (Å²) in [6.07, 6.45) is 3.33. The number of piperidine rings is 1. The van der Waals surface area contributed by atoms with Crippen LogP contribution in [0, 0.1) is 11.8 Å². The predicted octanol–water partition coefficient (Wildman–Crippen LogP) is 1.46. The first-order chi connectivity index (χ1) is 10.2. The van der Waals surface area contributed by atoms with E-state index in [1.54, 1.807) is 7.11 Å². The molecule has 2 rings (SSSR count). The lowest BCUT2D eigenvalue weighted by Crippen LogP contribution is -2.37. The molecule has 2 N–H and O–H groups in total. The number of anilines is 1. The Morgan fingerprint density at radius 2 is 2.19 bits per heavy atom. The second-order valence-corrected chi connectivity index (χ2v) is 6.08. The number of nitrogens with zero attached hydrogens (tertiary/aromatic N) is 3. The fourth-order valence-corrected chi connectivity index (χ4v) is 2.88. The highest BCUT2D eigenvalue weighted by atomic mass is 16.5. The van der Waals surface area contributed by atoms with Crippen molar-refractivity contribution < 1.29 is 4.74 Å². The van der Waals surface area contributed by atoms with Gasteiger partial charge in [0.1, 0.15) is 5.82 Å². The quantitative estimate of drug-likeness (QED) is 0.760. The minimum atomic E-state index is 0.460. The molecular weight excluding hydrogens is 266 g/mol. The van der Waals surface area contributed by atoms with Crippen molar-refractivity contribution in [2.45, 2.75) is 33.1 Å². The third-order valence-corrected chi connectivity index (χ3v) is 4.09. The van der Waals surface area contributed by atoms with Crippen molar-refractivity contribution >= 4 is 5.95 Å². The van der Waals surface area contributed by atoms with Crippen LogP contribution in [0.2, 0.25) is 0 Å². The molecule has 0 bridgehead atoms. The van der Waals surface area contributed by atoms with E-state index < -0.39 is 0 Å². The first-order valence-electron chi connectivity index (χ1n) is 8.08. The first kappa shape index (κ1) is 16.2. The summed E-state index contributed by atoms with van der Waals surface area (Å²) in [7, 11) is 1.74. The standard InChI is InChI=1S/C15H29N5O/c1-4-16-10-13-5-7-20(8-6-13)15-17-14(18-19-15)9-12(2)11-21-3/h12-13,16H,4-11H2,1-3H3,(H,17,18,19). The number of aromatic amines is 1. The Balaban J connectivity index is 1.80. The van der Waals surface area contributed by atoms with Crippen molar-refractivity contribution in [3.05, 3.63) is 5.82 Å². The van der Waals surface area contributed by atoms with Gasteiger partial charge < -0.3 is 15.0 Å². The Hall–Kier alpha value is -1.14. The van der Waals surface area contributed by atoms with Gasteiger partial charge in [0.05, 0.1) is 0 Å². The summed E-state index contributed by atoms with van der Waals surface area (Å²) in [4.78, 5) is 6.93. The summed E-state index contributed by atoms with van der Waals surface area (Å²) in [5.41, 5.74) is 0. The third kappa shape index (κ3) is 4.97. The zero-order chi connectivity index (χ0) is 15.1. The molecule has 0 saturated carbocycles. The molecule has 1 saturated heterocycles. The number of H-pyrrole nitrogens is 1. The number of hydrogen-bond acceptors (Lipinski definition) is 5. The highest BCUT2D eigenvalue weighted by Gasteiger charge is 2.21. The van der Waals surface area contributed by atoms with Gasteiger partial charge in [0, 0.05) is 33.2 Å². The van der Waals surface area contributed by atoms with Crippen LogP contribution < -0.4 is 10.2 Å². The molecule has 1 unspecified atom stereocenters. The molecule has 0 amide bonds. The smallest absolute Gasteiger partial charge is 0.244 e. The molecule has 0 aliphatic carbocycles. The van der Waals surface area contributed by atoms with Gasteiger partial charge in [-0.15, -0.1) is 5.10 Å². The van der Waals surface area contributed by atoms with Crippen LogP contribution in [-0.2, 0) is 11.2 Å². The summed E-state index contributed by atoms with van der Waals surface area (Å²) in [5.74, 6) is 3.07. The topological polar surface area (TPSA) is 66.1 Å². The lowest BCUT2D eigenvalue weighted by atomic mass is 9.97. The number of methoxy groups -OCH3 is 1. The summed E-state index contributed by atoms with van der Waals surface area (Å²) < 4.78 is 5.16. The first-order valence-corrected chi connectivity index (χ1v) is 8.08. The van der Waals surface area contributed by atoms with Gasteiger partial charge in [0.2, 0.25) is 5.95 Å². The molecule has 1 atom stereocenters. The predicted molar refractivity (Wildman–Crippen MR) is 84.6 cm³/mol. The van der Waals surface area contributed by atoms with Crippen LogP contribution in [0.4, 0.5) is 5.95 Å². The summed E-state index contributed by atoms with van der Waals surface area (Å²) >= 11 is 0. The van der Waals surface area contributed by atoms with Crippen molar-refractivity contribution in [2.75, 3.05) is 44.8 Å². The minimum Gasteiger partial charge on any atom is -0.384 e. The summed E-state index contributed by atoms with van der Waals surface area (Å²) in [5, 5.41) is 10.9. The highest BCUT2D eigenvalue weighted by Crippen LogP contribution is 2.20. The molecule has 0 spiro atoms. The van der Waals surface area contributed by atoms with Crippen molar-refractivity contribution in [1.82, 2.24) is 20.5 Å². The largest absolute Gasteiger partial charge is 0.384 e. The monoisotopic (exact) mass is 295 g/mol. The lowest BCUT2D eigenvalue weighted by Gasteiger charge is -2.31. The van der Waals surface area contributed by atoms with Gasteiger partial charge in [-0.1, -0.05) is 13.8 Å². The van der Waals surface area contributed by atoms with E-state index in [1.807, 2.05) is 0 Å². The van der Waals surface area contributed by atoms with Crippen LogP contribution in [0.5, 0.6) is 0 Å². The van der Waals surface area contributed by atoms with Gasteiger partial charge in [0.15, 0.2) is 0 Å². The van der Waals surface area contributed by atoms with Gasteiger partial charge in [-0.2, -0.15) is 4.98 Å². The number of aromatic nitrogens is 3. The Morgan fingerprint density at radius 3 is 2.86 bits per heavy atom. The Bertz CT molecular complexity index is 401. The second-order valence-electron chi connectivity index (χ2n) is 6.08. The van der Waals surface area contributed by atoms with Crippen molar-refractivity contribution in [1.29, 1.82) is 0 Å². The maximum atomic E-state index is 5.16. The van der Waals surface area contributed by atoms with Gasteiger partial charge in [-0.05, 0) is 37.8 Å². The molecule has 120 valence electrons. The molecule has 6 heteroatoms. The fourth-order valence-electron chi connectivity index (χ4n) is 2.88. The molecule has 2 heterocycles. The Morgan fingerprint density at radius 1 is 1.43 bits per heavy atom. The zero-order valence-corrected chi connectivity index (χ0v) is 13.6. The van der Waals surface area contributed by atoms with Gasteiger partial charge in [0.25, 0.3) is 0 Å². The number of ether oxygens (including phenoxy) is 1. The molecular formula is C15H29N5O. The van der Waals surface area contributed by atoms with Crippen LogP contribution in [0.3, 0.4) is 0 Å². The third-order valence-electron chi connectivity index (χ3n) is 4.09.